The van der Waals surface area contributed by atoms with Crippen LogP contribution in [0, 0.1) is 0 Å². The van der Waals surface area contributed by atoms with Crippen molar-refractivity contribution >= 4 is 41.0 Å². The summed E-state index contributed by atoms with van der Waals surface area (Å²) >= 11 is 0. The molecule has 13 nitrogen and oxygen atoms in total. The van der Waals surface area contributed by atoms with E-state index in [1.807, 2.05) is 20.8 Å². The van der Waals surface area contributed by atoms with Crippen LogP contribution in [0.3, 0.4) is 0 Å². The van der Waals surface area contributed by atoms with E-state index < -0.39 is 24.0 Å². The quantitative estimate of drug-likeness (QED) is 0.486. The largest absolute Gasteiger partial charge is 0.495 e. The molecular formula is C30H40F2N8O5. The summed E-state index contributed by atoms with van der Waals surface area (Å²) in [5.74, 6) is -4.50. The zero-order valence-electron chi connectivity index (χ0n) is 26.2. The zero-order chi connectivity index (χ0) is 32.5. The van der Waals surface area contributed by atoms with Crippen LogP contribution in [-0.2, 0) is 9.53 Å². The van der Waals surface area contributed by atoms with Crippen LogP contribution in [0.5, 0.6) is 5.75 Å². The molecule has 1 aromatic carbocycles. The van der Waals surface area contributed by atoms with Gasteiger partial charge in [-0.1, -0.05) is 12.8 Å². The molecular weight excluding hydrogens is 590 g/mol. The van der Waals surface area contributed by atoms with Gasteiger partial charge >= 0.3 is 12.0 Å². The maximum atomic E-state index is 14.9. The number of amides is 3. The Kier molecular flexibility index (Phi) is 9.01. The van der Waals surface area contributed by atoms with Gasteiger partial charge in [0.15, 0.2) is 5.82 Å². The summed E-state index contributed by atoms with van der Waals surface area (Å²) in [5.41, 5.74) is 3.28. The molecule has 0 radical (unpaired) electrons. The third-order valence-electron chi connectivity index (χ3n) is 8.04. The molecule has 1 aromatic heterocycles. The molecule has 1 saturated carbocycles. The lowest BCUT2D eigenvalue weighted by Crippen LogP contribution is -2.55. The molecule has 0 bridgehead atoms. The Morgan fingerprint density at radius 1 is 1.09 bits per heavy atom. The highest BCUT2D eigenvalue weighted by atomic mass is 19.3. The number of hydrogen-bond acceptors (Lipinski definition) is 10. The monoisotopic (exact) mass is 630 g/mol. The highest BCUT2D eigenvalue weighted by Crippen LogP contribution is 2.40. The van der Waals surface area contributed by atoms with E-state index in [2.05, 4.69) is 20.7 Å². The first-order valence-corrected chi connectivity index (χ1v) is 15.0. The summed E-state index contributed by atoms with van der Waals surface area (Å²) in [5, 5.41) is 4.82. The predicted molar refractivity (Wildman–Crippen MR) is 163 cm³/mol. The van der Waals surface area contributed by atoms with E-state index in [0.29, 0.717) is 43.2 Å². The number of ether oxygens (including phenoxy) is 2. The maximum Gasteiger partial charge on any atom is 0.410 e. The Bertz CT molecular complexity index is 1440. The SMILES string of the molecule is COc1cc(C(=O)NN2CCN(C(=O)OC(C)(C)C)CC2)ccc1Nc1ncc2c(n1)N(C1CCCC1)CC(F)(F)C(=O)N2C. The Morgan fingerprint density at radius 3 is 2.42 bits per heavy atom. The third-order valence-corrected chi connectivity index (χ3v) is 8.04. The van der Waals surface area contributed by atoms with Crippen molar-refractivity contribution in [2.75, 3.05) is 62.0 Å². The van der Waals surface area contributed by atoms with E-state index in [1.165, 1.54) is 25.3 Å². The highest BCUT2D eigenvalue weighted by molar-refractivity contribution is 6.02. The molecule has 5 rings (SSSR count). The molecule has 1 aliphatic carbocycles. The number of rotatable bonds is 6. The molecule has 2 aromatic rings. The van der Waals surface area contributed by atoms with Gasteiger partial charge in [0.25, 0.3) is 11.8 Å². The third kappa shape index (κ3) is 7.18. The number of carbonyl (C=O) groups is 3. The van der Waals surface area contributed by atoms with Crippen LogP contribution < -0.4 is 25.3 Å². The maximum absolute atomic E-state index is 14.9. The first kappa shape index (κ1) is 32.1. The number of aromatic nitrogens is 2. The Labute approximate surface area is 260 Å². The predicted octanol–water partition coefficient (Wildman–Crippen LogP) is 3.79. The van der Waals surface area contributed by atoms with Crippen molar-refractivity contribution < 1.29 is 32.6 Å². The number of nitrogens with zero attached hydrogens (tertiary/aromatic N) is 6. The van der Waals surface area contributed by atoms with Gasteiger partial charge < -0.3 is 29.5 Å². The molecule has 0 spiro atoms. The van der Waals surface area contributed by atoms with E-state index in [-0.39, 0.29) is 35.5 Å². The van der Waals surface area contributed by atoms with Crippen LogP contribution in [0.25, 0.3) is 0 Å². The lowest BCUT2D eigenvalue weighted by molar-refractivity contribution is -0.140. The van der Waals surface area contributed by atoms with Crippen molar-refractivity contribution in [2.24, 2.45) is 0 Å². The van der Waals surface area contributed by atoms with Gasteiger partial charge in [0.2, 0.25) is 5.95 Å². The van der Waals surface area contributed by atoms with Gasteiger partial charge in [-0.15, -0.1) is 0 Å². The van der Waals surface area contributed by atoms with Gasteiger partial charge in [-0.05, 0) is 51.8 Å². The molecule has 0 unspecified atom stereocenters. The second-order valence-electron chi connectivity index (χ2n) is 12.5. The summed E-state index contributed by atoms with van der Waals surface area (Å²) in [6.45, 7) is 6.36. The minimum atomic E-state index is -3.57. The summed E-state index contributed by atoms with van der Waals surface area (Å²) in [7, 11) is 2.76. The molecule has 2 fully saturated rings. The van der Waals surface area contributed by atoms with Crippen molar-refractivity contribution in [2.45, 2.75) is 64.0 Å². The average Bonchev–Trinajstić information content (AvgIpc) is 3.51. The molecule has 3 heterocycles. The van der Waals surface area contributed by atoms with E-state index in [4.69, 9.17) is 9.47 Å². The van der Waals surface area contributed by atoms with Gasteiger partial charge in [-0.25, -0.2) is 14.8 Å². The van der Waals surface area contributed by atoms with Crippen LogP contribution >= 0.6 is 0 Å². The number of alkyl halides is 2. The number of benzene rings is 1. The number of piperazine rings is 1. The molecule has 3 amide bonds. The zero-order valence-corrected chi connectivity index (χ0v) is 26.2. The van der Waals surface area contributed by atoms with Crippen molar-refractivity contribution in [1.82, 2.24) is 25.3 Å². The Balaban J connectivity index is 1.28. The number of methoxy groups -OCH3 is 1. The number of halogens is 2. The molecule has 0 atom stereocenters. The van der Waals surface area contributed by atoms with E-state index in [1.54, 1.807) is 28.1 Å². The lowest BCUT2D eigenvalue weighted by Gasteiger charge is -2.35. The number of carbonyl (C=O) groups excluding carboxylic acids is 3. The highest BCUT2D eigenvalue weighted by Gasteiger charge is 2.48. The molecule has 3 aliphatic rings. The number of fused-ring (bicyclic) bond motifs is 1. The van der Waals surface area contributed by atoms with Crippen molar-refractivity contribution in [1.29, 1.82) is 0 Å². The number of hydrazine groups is 1. The van der Waals surface area contributed by atoms with Crippen LogP contribution in [0.2, 0.25) is 0 Å². The summed E-state index contributed by atoms with van der Waals surface area (Å²) < 4.78 is 40.8. The standard InChI is InChI=1S/C30H40F2N8O5/c1-29(2,3)45-28(43)38-12-14-39(15-13-38)36-25(41)19-10-11-21(23(16-19)44-5)34-27-33-17-22-24(35-27)40(20-8-6-7-9-20)18-30(31,32)26(42)37(22)4/h10-11,16-17,20H,6-9,12-15,18H2,1-5H3,(H,36,41)(H,33,34,35). The molecule has 244 valence electrons. The van der Waals surface area contributed by atoms with Gasteiger partial charge in [0, 0.05) is 44.8 Å². The number of hydrogen-bond donors (Lipinski definition) is 2. The minimum absolute atomic E-state index is 0.126. The van der Waals surface area contributed by atoms with Gasteiger partial charge in [0.05, 0.1) is 25.5 Å². The van der Waals surface area contributed by atoms with Crippen molar-refractivity contribution in [3.8, 4) is 5.75 Å². The summed E-state index contributed by atoms with van der Waals surface area (Å²) in [6, 6.07) is 4.65. The van der Waals surface area contributed by atoms with Crippen molar-refractivity contribution in [3.05, 3.63) is 30.0 Å². The van der Waals surface area contributed by atoms with E-state index in [0.717, 1.165) is 30.6 Å². The first-order chi connectivity index (χ1) is 21.3. The number of anilines is 4. The lowest BCUT2D eigenvalue weighted by atomic mass is 10.1. The van der Waals surface area contributed by atoms with E-state index >= 15 is 0 Å². The molecule has 15 heteroatoms. The average molecular weight is 631 g/mol. The van der Waals surface area contributed by atoms with Crippen LogP contribution in [-0.4, -0.2) is 102 Å². The van der Waals surface area contributed by atoms with Crippen LogP contribution in [0.1, 0.15) is 56.8 Å². The molecule has 2 aliphatic heterocycles. The Morgan fingerprint density at radius 2 is 1.78 bits per heavy atom. The fourth-order valence-corrected chi connectivity index (χ4v) is 5.70. The van der Waals surface area contributed by atoms with Crippen LogP contribution in [0.4, 0.5) is 36.7 Å². The minimum Gasteiger partial charge on any atom is -0.495 e. The topological polar surface area (TPSA) is 132 Å². The van der Waals surface area contributed by atoms with Gasteiger partial charge in [-0.2, -0.15) is 13.8 Å². The fourth-order valence-electron chi connectivity index (χ4n) is 5.70. The van der Waals surface area contributed by atoms with Gasteiger partial charge in [0.1, 0.15) is 17.0 Å². The normalized spacial score (nSPS) is 19.2. The first-order valence-electron chi connectivity index (χ1n) is 15.0. The molecule has 45 heavy (non-hydrogen) atoms. The molecule has 2 N–H and O–H groups in total. The fraction of sp³-hybridized carbons (Fsp3) is 0.567. The molecule has 1 saturated heterocycles. The number of nitrogens with one attached hydrogen (secondary N) is 2. The smallest absolute Gasteiger partial charge is 0.410 e. The Hall–Kier alpha value is -4.27. The van der Waals surface area contributed by atoms with Gasteiger partial charge in [-0.3, -0.25) is 15.0 Å². The van der Waals surface area contributed by atoms with Crippen LogP contribution in [0.15, 0.2) is 24.4 Å². The second kappa shape index (κ2) is 12.6. The second-order valence-corrected chi connectivity index (χ2v) is 12.5. The van der Waals surface area contributed by atoms with Crippen molar-refractivity contribution in [3.63, 3.8) is 0 Å². The summed E-state index contributed by atoms with van der Waals surface area (Å²) in [6.07, 6.45) is 4.28. The summed E-state index contributed by atoms with van der Waals surface area (Å²) in [4.78, 5) is 50.9. The van der Waals surface area contributed by atoms with E-state index in [9.17, 15) is 23.2 Å².